The highest BCUT2D eigenvalue weighted by atomic mass is 32.2. The van der Waals surface area contributed by atoms with E-state index in [1.54, 1.807) is 12.1 Å². The number of hydrogen-bond donors (Lipinski definition) is 3. The van der Waals surface area contributed by atoms with Gasteiger partial charge in [-0.25, -0.2) is 13.1 Å². The Morgan fingerprint density at radius 3 is 2.58 bits per heavy atom. The number of nitrogens with two attached hydrogens (primary N) is 1. The number of rotatable bonds is 7. The van der Waals surface area contributed by atoms with E-state index in [0.29, 0.717) is 18.0 Å². The maximum atomic E-state index is 12.5. The van der Waals surface area contributed by atoms with E-state index in [-0.39, 0.29) is 22.9 Å². The molecule has 2 saturated carbocycles. The summed E-state index contributed by atoms with van der Waals surface area (Å²) in [5, 5.41) is 2.79. The van der Waals surface area contributed by atoms with Crippen LogP contribution in [0.3, 0.4) is 0 Å². The van der Waals surface area contributed by atoms with Crippen LogP contribution < -0.4 is 15.8 Å². The number of benzene rings is 1. The van der Waals surface area contributed by atoms with Crippen LogP contribution in [0.4, 0.5) is 0 Å². The monoisotopic (exact) mass is 351 g/mol. The minimum Gasteiger partial charge on any atom is -0.350 e. The normalized spacial score (nSPS) is 20.0. The first-order valence-electron chi connectivity index (χ1n) is 8.62. The molecule has 0 heterocycles. The van der Waals surface area contributed by atoms with Crippen molar-refractivity contribution in [3.05, 3.63) is 29.8 Å². The first-order valence-corrected chi connectivity index (χ1v) is 10.1. The Hall–Kier alpha value is -1.44. The second-order valence-electron chi connectivity index (χ2n) is 6.84. The molecule has 1 unspecified atom stereocenters. The molecule has 4 N–H and O–H groups in total. The van der Waals surface area contributed by atoms with Crippen molar-refractivity contribution in [3.8, 4) is 0 Å². The summed E-state index contributed by atoms with van der Waals surface area (Å²) in [7, 11) is -3.59. The largest absolute Gasteiger partial charge is 0.350 e. The summed E-state index contributed by atoms with van der Waals surface area (Å²) in [5.74, 6) is 0.219. The highest BCUT2D eigenvalue weighted by Crippen LogP contribution is 2.31. The Kier molecular flexibility index (Phi) is 5.22. The zero-order valence-corrected chi connectivity index (χ0v) is 14.5. The fraction of sp³-hybridized carbons (Fsp3) is 0.588. The topological polar surface area (TPSA) is 101 Å². The van der Waals surface area contributed by atoms with Gasteiger partial charge in [0.2, 0.25) is 10.0 Å². The fourth-order valence-electron chi connectivity index (χ4n) is 3.14. The third-order valence-electron chi connectivity index (χ3n) is 4.81. The minimum atomic E-state index is -3.59. The van der Waals surface area contributed by atoms with E-state index in [1.807, 2.05) is 0 Å². The molecule has 6 nitrogen and oxygen atoms in total. The zero-order chi connectivity index (χ0) is 17.2. The third-order valence-corrected chi connectivity index (χ3v) is 6.33. The lowest BCUT2D eigenvalue weighted by Crippen LogP contribution is -2.38. The maximum Gasteiger partial charge on any atom is 0.251 e. The average molecular weight is 351 g/mol. The number of carbonyl (C=O) groups is 1. The van der Waals surface area contributed by atoms with Crippen LogP contribution in [0.2, 0.25) is 0 Å². The third kappa shape index (κ3) is 4.34. The van der Waals surface area contributed by atoms with E-state index >= 15 is 0 Å². The molecule has 0 aliphatic heterocycles. The van der Waals surface area contributed by atoms with Gasteiger partial charge in [-0.1, -0.05) is 18.9 Å². The number of hydrogen-bond acceptors (Lipinski definition) is 4. The molecule has 0 saturated heterocycles. The quantitative estimate of drug-likeness (QED) is 0.690. The minimum absolute atomic E-state index is 0.00372. The Morgan fingerprint density at radius 1 is 1.21 bits per heavy atom. The summed E-state index contributed by atoms with van der Waals surface area (Å²) < 4.78 is 27.7. The number of amides is 1. The van der Waals surface area contributed by atoms with Gasteiger partial charge in [0.05, 0.1) is 4.90 Å². The van der Waals surface area contributed by atoms with Gasteiger partial charge in [-0.15, -0.1) is 0 Å². The Bertz CT molecular complexity index is 695. The highest BCUT2D eigenvalue weighted by molar-refractivity contribution is 7.89. The van der Waals surface area contributed by atoms with Gasteiger partial charge in [-0.3, -0.25) is 4.79 Å². The molecule has 132 valence electrons. The van der Waals surface area contributed by atoms with Crippen LogP contribution in [0.1, 0.15) is 48.9 Å². The second-order valence-corrected chi connectivity index (χ2v) is 8.56. The highest BCUT2D eigenvalue weighted by Gasteiger charge is 2.28. The first kappa shape index (κ1) is 17.4. The lowest BCUT2D eigenvalue weighted by molar-refractivity contribution is 0.0950. The smallest absolute Gasteiger partial charge is 0.251 e. The average Bonchev–Trinajstić information content (AvgIpc) is 3.31. The molecule has 24 heavy (non-hydrogen) atoms. The summed E-state index contributed by atoms with van der Waals surface area (Å²) >= 11 is 0. The number of sulfonamides is 1. The molecule has 2 fully saturated rings. The summed E-state index contributed by atoms with van der Waals surface area (Å²) in [6.45, 7) is 0.417. The standard InChI is InChI=1S/C17H25N3O3S/c18-16(12-8-9-12)11-19-17(21)13-4-3-7-15(10-13)24(22,23)20-14-5-1-2-6-14/h3-4,7,10,12,14,16,20H,1-2,5-6,8-9,11,18H2,(H,19,21). The Morgan fingerprint density at radius 2 is 1.92 bits per heavy atom. The van der Waals surface area contributed by atoms with Crippen LogP contribution in [0.15, 0.2) is 29.2 Å². The summed E-state index contributed by atoms with van der Waals surface area (Å²) in [4.78, 5) is 12.4. The van der Waals surface area contributed by atoms with Crippen LogP contribution in [0, 0.1) is 5.92 Å². The van der Waals surface area contributed by atoms with Crippen molar-refractivity contribution in [3.63, 3.8) is 0 Å². The molecular formula is C17H25N3O3S. The molecule has 3 rings (SSSR count). The molecule has 7 heteroatoms. The molecule has 1 aromatic rings. The van der Waals surface area contributed by atoms with E-state index in [0.717, 1.165) is 38.5 Å². The van der Waals surface area contributed by atoms with Crippen molar-refractivity contribution >= 4 is 15.9 Å². The number of nitrogens with one attached hydrogen (secondary N) is 2. The molecule has 2 aliphatic carbocycles. The van der Waals surface area contributed by atoms with E-state index < -0.39 is 10.0 Å². The van der Waals surface area contributed by atoms with E-state index in [9.17, 15) is 13.2 Å². The van der Waals surface area contributed by atoms with Gasteiger partial charge < -0.3 is 11.1 Å². The van der Waals surface area contributed by atoms with Crippen LogP contribution in [-0.2, 0) is 10.0 Å². The van der Waals surface area contributed by atoms with Crippen molar-refractivity contribution in [1.29, 1.82) is 0 Å². The summed E-state index contributed by atoms with van der Waals surface area (Å²) in [6.07, 6.45) is 6.10. The van der Waals surface area contributed by atoms with Gasteiger partial charge in [0.1, 0.15) is 0 Å². The Balaban J connectivity index is 1.64. The molecule has 0 aromatic heterocycles. The molecule has 1 amide bonds. The van der Waals surface area contributed by atoms with Crippen LogP contribution >= 0.6 is 0 Å². The molecule has 0 spiro atoms. The molecule has 0 radical (unpaired) electrons. The van der Waals surface area contributed by atoms with Crippen molar-refractivity contribution in [2.45, 2.75) is 55.5 Å². The second kappa shape index (κ2) is 7.21. The fourth-order valence-corrected chi connectivity index (χ4v) is 4.49. The van der Waals surface area contributed by atoms with Crippen LogP contribution in [0.5, 0.6) is 0 Å². The van der Waals surface area contributed by atoms with Crippen molar-refractivity contribution < 1.29 is 13.2 Å². The molecule has 0 bridgehead atoms. The van der Waals surface area contributed by atoms with Gasteiger partial charge >= 0.3 is 0 Å². The predicted octanol–water partition coefficient (Wildman–Crippen LogP) is 1.37. The Labute approximate surface area is 143 Å². The lowest BCUT2D eigenvalue weighted by Gasteiger charge is -2.14. The van der Waals surface area contributed by atoms with Gasteiger partial charge in [0, 0.05) is 24.2 Å². The predicted molar refractivity (Wildman–Crippen MR) is 92.1 cm³/mol. The molecular weight excluding hydrogens is 326 g/mol. The van der Waals surface area contributed by atoms with E-state index in [2.05, 4.69) is 10.0 Å². The van der Waals surface area contributed by atoms with Gasteiger partial charge in [-0.05, 0) is 49.8 Å². The summed E-state index contributed by atoms with van der Waals surface area (Å²) in [6, 6.07) is 6.14. The van der Waals surface area contributed by atoms with Crippen LogP contribution in [0.25, 0.3) is 0 Å². The van der Waals surface area contributed by atoms with Crippen molar-refractivity contribution in [2.24, 2.45) is 11.7 Å². The zero-order valence-electron chi connectivity index (χ0n) is 13.7. The summed E-state index contributed by atoms with van der Waals surface area (Å²) in [5.41, 5.74) is 6.32. The molecule has 2 aliphatic rings. The van der Waals surface area contributed by atoms with Gasteiger partial charge in [-0.2, -0.15) is 0 Å². The van der Waals surface area contributed by atoms with E-state index in [1.165, 1.54) is 12.1 Å². The number of carbonyl (C=O) groups excluding carboxylic acids is 1. The first-order chi connectivity index (χ1) is 11.5. The van der Waals surface area contributed by atoms with Gasteiger partial charge in [0.15, 0.2) is 0 Å². The van der Waals surface area contributed by atoms with Gasteiger partial charge in [0.25, 0.3) is 5.91 Å². The molecule has 1 aromatic carbocycles. The van der Waals surface area contributed by atoms with Crippen LogP contribution in [-0.4, -0.2) is 33.0 Å². The van der Waals surface area contributed by atoms with Crippen molar-refractivity contribution in [1.82, 2.24) is 10.0 Å². The SMILES string of the molecule is NC(CNC(=O)c1cccc(S(=O)(=O)NC2CCCC2)c1)C1CC1. The molecule has 1 atom stereocenters. The van der Waals surface area contributed by atoms with E-state index in [4.69, 9.17) is 5.73 Å². The maximum absolute atomic E-state index is 12.5. The van der Waals surface area contributed by atoms with Crippen molar-refractivity contribution in [2.75, 3.05) is 6.54 Å². The lowest BCUT2D eigenvalue weighted by atomic mass is 10.2.